The van der Waals surface area contributed by atoms with Crippen molar-refractivity contribution in [1.82, 2.24) is 4.90 Å². The smallest absolute Gasteiger partial charge is 0.326 e. The zero-order chi connectivity index (χ0) is 14.0. The van der Waals surface area contributed by atoms with Crippen molar-refractivity contribution in [1.29, 1.82) is 0 Å². The number of carbonyl (C=O) groups is 2. The van der Waals surface area contributed by atoms with E-state index in [1.54, 1.807) is 0 Å². The molecule has 1 atom stereocenters. The average Bonchev–Trinajstić information content (AvgIpc) is 2.82. The Kier molecular flexibility index (Phi) is 3.64. The minimum atomic E-state index is -1.09. The van der Waals surface area contributed by atoms with Crippen molar-refractivity contribution < 1.29 is 23.5 Å². The Morgan fingerprint density at radius 1 is 1.37 bits per heavy atom. The number of carboxylic acid groups (broad SMARTS) is 1. The molecule has 102 valence electrons. The first kappa shape index (κ1) is 13.3. The number of amides is 2. The number of anilines is 1. The van der Waals surface area contributed by atoms with Gasteiger partial charge in [0.15, 0.2) is 0 Å². The summed E-state index contributed by atoms with van der Waals surface area (Å²) in [6.07, 6.45) is 0.949. The summed E-state index contributed by atoms with van der Waals surface area (Å²) in [6, 6.07) is 1.15. The number of halogens is 2. The zero-order valence-electron chi connectivity index (χ0n) is 9.90. The molecule has 2 N–H and O–H groups in total. The summed E-state index contributed by atoms with van der Waals surface area (Å²) in [4.78, 5) is 23.9. The quantitative estimate of drug-likeness (QED) is 0.864. The van der Waals surface area contributed by atoms with Crippen LogP contribution in [0.3, 0.4) is 0 Å². The molecule has 1 aliphatic rings. The van der Waals surface area contributed by atoms with Gasteiger partial charge in [-0.25, -0.2) is 18.4 Å². The van der Waals surface area contributed by atoms with E-state index in [1.807, 2.05) is 0 Å². The van der Waals surface area contributed by atoms with Gasteiger partial charge in [-0.15, -0.1) is 0 Å². The van der Waals surface area contributed by atoms with E-state index >= 15 is 0 Å². The van der Waals surface area contributed by atoms with Gasteiger partial charge in [-0.2, -0.15) is 0 Å². The highest BCUT2D eigenvalue weighted by atomic mass is 19.1. The standard InChI is InChI=1S/C12H12F2N2O3/c13-7-3-4-9(8(14)6-7)15-12(19)16-5-1-2-10(16)11(17)18/h3-4,6,10H,1-2,5H2,(H,15,19)(H,17,18)/t10-/m0/s1. The van der Waals surface area contributed by atoms with Gasteiger partial charge in [0, 0.05) is 12.6 Å². The summed E-state index contributed by atoms with van der Waals surface area (Å²) in [5.74, 6) is -2.74. The van der Waals surface area contributed by atoms with Crippen LogP contribution in [0, 0.1) is 11.6 Å². The molecule has 1 aromatic rings. The van der Waals surface area contributed by atoms with Crippen molar-refractivity contribution in [3.05, 3.63) is 29.8 Å². The van der Waals surface area contributed by atoms with Crippen molar-refractivity contribution in [3.8, 4) is 0 Å². The highest BCUT2D eigenvalue weighted by Crippen LogP contribution is 2.20. The van der Waals surface area contributed by atoms with Crippen LogP contribution in [0.1, 0.15) is 12.8 Å². The maximum atomic E-state index is 13.4. The molecule has 5 nitrogen and oxygen atoms in total. The van der Waals surface area contributed by atoms with E-state index in [0.717, 1.165) is 17.0 Å². The highest BCUT2D eigenvalue weighted by Gasteiger charge is 2.34. The summed E-state index contributed by atoms with van der Waals surface area (Å²) >= 11 is 0. The molecule has 1 fully saturated rings. The first-order valence-electron chi connectivity index (χ1n) is 5.74. The maximum absolute atomic E-state index is 13.4. The third-order valence-electron chi connectivity index (χ3n) is 2.97. The molecule has 2 rings (SSSR count). The minimum absolute atomic E-state index is 0.178. The number of carboxylic acids is 1. The average molecular weight is 270 g/mol. The Morgan fingerprint density at radius 3 is 2.74 bits per heavy atom. The second-order valence-corrected chi connectivity index (χ2v) is 4.24. The number of nitrogens with one attached hydrogen (secondary N) is 1. The number of aliphatic carboxylic acids is 1. The van der Waals surface area contributed by atoms with Crippen molar-refractivity contribution in [2.45, 2.75) is 18.9 Å². The van der Waals surface area contributed by atoms with Crippen molar-refractivity contribution in [3.63, 3.8) is 0 Å². The van der Waals surface area contributed by atoms with Gasteiger partial charge in [0.1, 0.15) is 17.7 Å². The predicted octanol–water partition coefficient (Wildman–Crippen LogP) is 2.05. The van der Waals surface area contributed by atoms with E-state index in [2.05, 4.69) is 5.32 Å². The topological polar surface area (TPSA) is 69.6 Å². The lowest BCUT2D eigenvalue weighted by atomic mass is 10.2. The van der Waals surface area contributed by atoms with Crippen LogP contribution in [0.4, 0.5) is 19.3 Å². The van der Waals surface area contributed by atoms with E-state index in [-0.39, 0.29) is 5.69 Å². The highest BCUT2D eigenvalue weighted by molar-refractivity contribution is 5.92. The molecule has 0 aliphatic carbocycles. The number of hydrogen-bond donors (Lipinski definition) is 2. The Bertz CT molecular complexity index is 522. The second kappa shape index (κ2) is 5.21. The molecular weight excluding hydrogens is 258 g/mol. The van der Waals surface area contributed by atoms with Gasteiger partial charge < -0.3 is 15.3 Å². The van der Waals surface area contributed by atoms with Crippen molar-refractivity contribution in [2.75, 3.05) is 11.9 Å². The summed E-state index contributed by atoms with van der Waals surface area (Å²) in [5.41, 5.74) is -0.178. The molecular formula is C12H12F2N2O3. The molecule has 1 heterocycles. The summed E-state index contributed by atoms with van der Waals surface area (Å²) in [6.45, 7) is 0.297. The first-order valence-corrected chi connectivity index (χ1v) is 5.74. The Morgan fingerprint density at radius 2 is 2.11 bits per heavy atom. The molecule has 0 radical (unpaired) electrons. The second-order valence-electron chi connectivity index (χ2n) is 4.24. The van der Waals surface area contributed by atoms with Gasteiger partial charge in [0.05, 0.1) is 5.69 Å². The molecule has 1 aliphatic heterocycles. The Balaban J connectivity index is 2.10. The van der Waals surface area contributed by atoms with Crippen LogP contribution in [0.5, 0.6) is 0 Å². The number of urea groups is 1. The monoisotopic (exact) mass is 270 g/mol. The lowest BCUT2D eigenvalue weighted by Crippen LogP contribution is -2.42. The van der Waals surface area contributed by atoms with E-state index in [4.69, 9.17) is 5.11 Å². The van der Waals surface area contributed by atoms with Gasteiger partial charge in [-0.05, 0) is 25.0 Å². The Labute approximate surface area is 107 Å². The molecule has 1 saturated heterocycles. The summed E-state index contributed by atoms with van der Waals surface area (Å²) in [5, 5.41) is 11.2. The van der Waals surface area contributed by atoms with Crippen LogP contribution in [0.25, 0.3) is 0 Å². The van der Waals surface area contributed by atoms with Gasteiger partial charge in [-0.1, -0.05) is 0 Å². The lowest BCUT2D eigenvalue weighted by molar-refractivity contribution is -0.141. The first-order chi connectivity index (χ1) is 8.99. The van der Waals surface area contributed by atoms with E-state index in [0.29, 0.717) is 25.5 Å². The van der Waals surface area contributed by atoms with Crippen LogP contribution in [0.15, 0.2) is 18.2 Å². The molecule has 0 aromatic heterocycles. The van der Waals surface area contributed by atoms with Crippen molar-refractivity contribution in [2.24, 2.45) is 0 Å². The van der Waals surface area contributed by atoms with Crippen LogP contribution >= 0.6 is 0 Å². The third-order valence-corrected chi connectivity index (χ3v) is 2.97. The molecule has 2 amide bonds. The molecule has 0 bridgehead atoms. The number of carbonyl (C=O) groups excluding carboxylic acids is 1. The zero-order valence-corrected chi connectivity index (χ0v) is 9.90. The van der Waals surface area contributed by atoms with Crippen LogP contribution < -0.4 is 5.32 Å². The summed E-state index contributed by atoms with van der Waals surface area (Å²) in [7, 11) is 0. The number of benzene rings is 1. The number of hydrogen-bond acceptors (Lipinski definition) is 2. The molecule has 0 unspecified atom stereocenters. The maximum Gasteiger partial charge on any atom is 0.326 e. The fraction of sp³-hybridized carbons (Fsp3) is 0.333. The normalized spacial score (nSPS) is 18.4. The molecule has 0 spiro atoms. The SMILES string of the molecule is O=C(O)[C@@H]1CCCN1C(=O)Nc1ccc(F)cc1F. The molecule has 7 heteroatoms. The third kappa shape index (κ3) is 2.81. The number of likely N-dealkylation sites (tertiary alicyclic amines) is 1. The lowest BCUT2D eigenvalue weighted by Gasteiger charge is -2.21. The van der Waals surface area contributed by atoms with Crippen LogP contribution in [-0.2, 0) is 4.79 Å². The Hall–Kier alpha value is -2.18. The molecule has 0 saturated carbocycles. The van der Waals surface area contributed by atoms with E-state index in [1.165, 1.54) is 0 Å². The fourth-order valence-electron chi connectivity index (χ4n) is 2.04. The molecule has 19 heavy (non-hydrogen) atoms. The predicted molar refractivity (Wildman–Crippen MR) is 62.7 cm³/mol. The van der Waals surface area contributed by atoms with E-state index in [9.17, 15) is 18.4 Å². The largest absolute Gasteiger partial charge is 0.480 e. The number of nitrogens with zero attached hydrogens (tertiary/aromatic N) is 1. The summed E-state index contributed by atoms with van der Waals surface area (Å²) < 4.78 is 26.1. The van der Waals surface area contributed by atoms with Gasteiger partial charge in [0.25, 0.3) is 0 Å². The van der Waals surface area contributed by atoms with Gasteiger partial charge >= 0.3 is 12.0 Å². The number of rotatable bonds is 2. The van der Waals surface area contributed by atoms with Crippen LogP contribution in [-0.4, -0.2) is 34.6 Å². The fourth-order valence-corrected chi connectivity index (χ4v) is 2.04. The minimum Gasteiger partial charge on any atom is -0.480 e. The van der Waals surface area contributed by atoms with Crippen LogP contribution in [0.2, 0.25) is 0 Å². The van der Waals surface area contributed by atoms with Crippen molar-refractivity contribution >= 4 is 17.7 Å². The molecule has 1 aromatic carbocycles. The van der Waals surface area contributed by atoms with E-state index < -0.39 is 29.7 Å². The van der Waals surface area contributed by atoms with Gasteiger partial charge in [0.2, 0.25) is 0 Å². The van der Waals surface area contributed by atoms with Gasteiger partial charge in [-0.3, -0.25) is 0 Å².